The molecule has 0 saturated heterocycles. The van der Waals surface area contributed by atoms with Crippen LogP contribution in [0.5, 0.6) is 23.0 Å². The Morgan fingerprint density at radius 2 is 1.29 bits per heavy atom. The smallest absolute Gasteiger partial charge is 0.343 e. The Bertz CT molecular complexity index is 1240. The molecule has 8 heteroatoms. The minimum Gasteiger partial charge on any atom is -0.497 e. The summed E-state index contributed by atoms with van der Waals surface area (Å²) in [5, 5.41) is 0. The number of methoxy groups -OCH3 is 1. The van der Waals surface area contributed by atoms with Crippen LogP contribution in [0.2, 0.25) is 0 Å². The van der Waals surface area contributed by atoms with Crippen molar-refractivity contribution in [1.29, 1.82) is 0 Å². The summed E-state index contributed by atoms with van der Waals surface area (Å²) in [5.74, 6) is 0.441. The van der Waals surface area contributed by atoms with Crippen molar-refractivity contribution in [3.8, 4) is 23.0 Å². The third-order valence-corrected chi connectivity index (χ3v) is 5.09. The molecule has 0 N–H and O–H groups in total. The molecular formula is C30H28O8. The van der Waals surface area contributed by atoms with Gasteiger partial charge in [-0.05, 0) is 85.1 Å². The maximum atomic E-state index is 12.4. The zero-order chi connectivity index (χ0) is 27.2. The van der Waals surface area contributed by atoms with Gasteiger partial charge in [0.05, 0.1) is 25.9 Å². The molecule has 3 aromatic carbocycles. The highest BCUT2D eigenvalue weighted by Gasteiger charge is 2.10. The minimum atomic E-state index is -0.538. The standard InChI is InChI=1S/C30H28O8/c1-3-28(31)36-21-5-4-20-35-25-13-9-23(10-14-25)30(33)38-27-17-15-26(16-18-27)37-29(32)19-8-22-6-11-24(34-2)12-7-22/h3,6-19H,1,4-5,20-21H2,2H3. The average Bonchev–Trinajstić information content (AvgIpc) is 2.95. The Hall–Kier alpha value is -4.85. The predicted molar refractivity (Wildman–Crippen MR) is 141 cm³/mol. The fourth-order valence-electron chi connectivity index (χ4n) is 3.08. The molecule has 0 aliphatic carbocycles. The zero-order valence-corrected chi connectivity index (χ0v) is 21.0. The van der Waals surface area contributed by atoms with Crippen molar-refractivity contribution < 1.29 is 38.1 Å². The zero-order valence-electron chi connectivity index (χ0n) is 21.0. The molecule has 0 aliphatic heterocycles. The number of carbonyl (C=O) groups excluding carboxylic acids is 3. The molecule has 0 saturated carbocycles. The summed E-state index contributed by atoms with van der Waals surface area (Å²) in [7, 11) is 1.59. The van der Waals surface area contributed by atoms with Crippen molar-refractivity contribution in [2.45, 2.75) is 12.8 Å². The first-order chi connectivity index (χ1) is 18.5. The highest BCUT2D eigenvalue weighted by molar-refractivity contribution is 5.91. The van der Waals surface area contributed by atoms with Gasteiger partial charge in [-0.25, -0.2) is 14.4 Å². The summed E-state index contributed by atoms with van der Waals surface area (Å²) in [4.78, 5) is 35.5. The van der Waals surface area contributed by atoms with Crippen LogP contribution < -0.4 is 18.9 Å². The number of ether oxygens (including phenoxy) is 5. The SMILES string of the molecule is C=CC(=O)OCCCCOc1ccc(C(=O)Oc2ccc(OC(=O)C=Cc3ccc(OC)cc3)cc2)cc1. The molecule has 8 nitrogen and oxygen atoms in total. The van der Waals surface area contributed by atoms with E-state index in [1.807, 2.05) is 12.1 Å². The van der Waals surface area contributed by atoms with Gasteiger partial charge in [-0.15, -0.1) is 0 Å². The van der Waals surface area contributed by atoms with Gasteiger partial charge >= 0.3 is 17.9 Å². The molecule has 196 valence electrons. The van der Waals surface area contributed by atoms with E-state index in [4.69, 9.17) is 23.7 Å². The summed E-state index contributed by atoms with van der Waals surface area (Å²) in [6.45, 7) is 4.09. The second-order valence-corrected chi connectivity index (χ2v) is 7.84. The molecule has 0 unspecified atom stereocenters. The lowest BCUT2D eigenvalue weighted by Crippen LogP contribution is -2.09. The van der Waals surface area contributed by atoms with Crippen LogP contribution >= 0.6 is 0 Å². The molecular weight excluding hydrogens is 488 g/mol. The Morgan fingerprint density at radius 3 is 1.92 bits per heavy atom. The maximum absolute atomic E-state index is 12.4. The van der Waals surface area contributed by atoms with E-state index in [2.05, 4.69) is 6.58 Å². The molecule has 0 spiro atoms. The van der Waals surface area contributed by atoms with Gasteiger partial charge in [0, 0.05) is 12.2 Å². The molecule has 38 heavy (non-hydrogen) atoms. The van der Waals surface area contributed by atoms with E-state index in [1.165, 1.54) is 30.3 Å². The highest BCUT2D eigenvalue weighted by Crippen LogP contribution is 2.20. The van der Waals surface area contributed by atoms with E-state index in [1.54, 1.807) is 49.6 Å². The lowest BCUT2D eigenvalue weighted by molar-refractivity contribution is -0.137. The Labute approximate surface area is 221 Å². The molecule has 0 fully saturated rings. The number of esters is 3. The van der Waals surface area contributed by atoms with Crippen LogP contribution in [-0.4, -0.2) is 38.2 Å². The fraction of sp³-hybridized carbons (Fsp3) is 0.167. The molecule has 0 atom stereocenters. The molecule has 0 amide bonds. The van der Waals surface area contributed by atoms with Crippen molar-refractivity contribution in [2.75, 3.05) is 20.3 Å². The predicted octanol–water partition coefficient (Wildman–Crippen LogP) is 5.42. The monoisotopic (exact) mass is 516 g/mol. The number of rotatable bonds is 13. The van der Waals surface area contributed by atoms with Gasteiger partial charge in [0.2, 0.25) is 0 Å². The average molecular weight is 517 g/mol. The van der Waals surface area contributed by atoms with Crippen molar-refractivity contribution in [3.05, 3.63) is 103 Å². The van der Waals surface area contributed by atoms with E-state index in [0.29, 0.717) is 48.9 Å². The number of hydrogen-bond donors (Lipinski definition) is 0. The van der Waals surface area contributed by atoms with Gasteiger partial charge in [0.15, 0.2) is 0 Å². The van der Waals surface area contributed by atoms with Crippen LogP contribution in [0.25, 0.3) is 6.08 Å². The third kappa shape index (κ3) is 9.31. The second kappa shape index (κ2) is 14.6. The summed E-state index contributed by atoms with van der Waals surface area (Å²) in [6, 6.07) is 20.0. The Balaban J connectivity index is 1.41. The van der Waals surface area contributed by atoms with Crippen molar-refractivity contribution in [2.24, 2.45) is 0 Å². The van der Waals surface area contributed by atoms with E-state index in [-0.39, 0.29) is 0 Å². The summed E-state index contributed by atoms with van der Waals surface area (Å²) in [6.07, 6.45) is 5.46. The first kappa shape index (κ1) is 27.7. The summed E-state index contributed by atoms with van der Waals surface area (Å²) in [5.41, 5.74) is 1.18. The Kier molecular flexibility index (Phi) is 10.7. The van der Waals surface area contributed by atoms with Gasteiger partial charge in [-0.3, -0.25) is 0 Å². The van der Waals surface area contributed by atoms with Gasteiger partial charge in [-0.2, -0.15) is 0 Å². The number of benzene rings is 3. The van der Waals surface area contributed by atoms with Gasteiger partial charge in [0.25, 0.3) is 0 Å². The van der Waals surface area contributed by atoms with Gasteiger partial charge < -0.3 is 23.7 Å². The van der Waals surface area contributed by atoms with Crippen LogP contribution in [0.1, 0.15) is 28.8 Å². The van der Waals surface area contributed by atoms with Gasteiger partial charge in [0.1, 0.15) is 23.0 Å². The number of hydrogen-bond acceptors (Lipinski definition) is 8. The van der Waals surface area contributed by atoms with E-state index < -0.39 is 17.9 Å². The molecule has 0 aliphatic rings. The molecule has 0 bridgehead atoms. The van der Waals surface area contributed by atoms with E-state index in [9.17, 15) is 14.4 Å². The third-order valence-electron chi connectivity index (χ3n) is 5.09. The van der Waals surface area contributed by atoms with Gasteiger partial charge in [-0.1, -0.05) is 18.7 Å². The largest absolute Gasteiger partial charge is 0.497 e. The summed E-state index contributed by atoms with van der Waals surface area (Å²) < 4.78 is 26.3. The highest BCUT2D eigenvalue weighted by atomic mass is 16.5. The number of carbonyl (C=O) groups is 3. The maximum Gasteiger partial charge on any atom is 0.343 e. The Morgan fingerprint density at radius 1 is 0.711 bits per heavy atom. The first-order valence-electron chi connectivity index (χ1n) is 11.8. The van der Waals surface area contributed by atoms with Crippen LogP contribution in [0, 0.1) is 0 Å². The topological polar surface area (TPSA) is 97.4 Å². The van der Waals surface area contributed by atoms with Crippen molar-refractivity contribution in [3.63, 3.8) is 0 Å². The van der Waals surface area contributed by atoms with Crippen LogP contribution in [0.15, 0.2) is 91.5 Å². The summed E-state index contributed by atoms with van der Waals surface area (Å²) >= 11 is 0. The van der Waals surface area contributed by atoms with Crippen molar-refractivity contribution >= 4 is 24.0 Å². The number of unbranched alkanes of at least 4 members (excludes halogenated alkanes) is 1. The van der Waals surface area contributed by atoms with Crippen LogP contribution in [-0.2, 0) is 14.3 Å². The molecule has 0 radical (unpaired) electrons. The van der Waals surface area contributed by atoms with E-state index in [0.717, 1.165) is 17.4 Å². The quantitative estimate of drug-likeness (QED) is 0.129. The van der Waals surface area contributed by atoms with E-state index >= 15 is 0 Å². The normalized spacial score (nSPS) is 10.4. The minimum absolute atomic E-state index is 0.307. The second-order valence-electron chi connectivity index (χ2n) is 7.84. The van der Waals surface area contributed by atoms with Crippen LogP contribution in [0.4, 0.5) is 0 Å². The molecule has 0 heterocycles. The lowest BCUT2D eigenvalue weighted by atomic mass is 10.2. The molecule has 3 aromatic rings. The first-order valence-corrected chi connectivity index (χ1v) is 11.8. The van der Waals surface area contributed by atoms with Crippen LogP contribution in [0.3, 0.4) is 0 Å². The fourth-order valence-corrected chi connectivity index (χ4v) is 3.08. The lowest BCUT2D eigenvalue weighted by Gasteiger charge is -2.08. The molecule has 3 rings (SSSR count). The molecule has 0 aromatic heterocycles. The van der Waals surface area contributed by atoms with Crippen molar-refractivity contribution in [1.82, 2.24) is 0 Å².